The molecule has 1 N–H and O–H groups in total. The zero-order chi connectivity index (χ0) is 22.6. The smallest absolute Gasteiger partial charge is 0.264 e. The van der Waals surface area contributed by atoms with Crippen molar-refractivity contribution in [2.24, 2.45) is 0 Å². The number of rotatable bonds is 7. The quantitative estimate of drug-likeness (QED) is 0.564. The predicted molar refractivity (Wildman–Crippen MR) is 121 cm³/mol. The number of hydrogen-bond donors (Lipinski definition) is 1. The van der Waals surface area contributed by atoms with Crippen LogP contribution in [0.3, 0.4) is 0 Å². The molecule has 0 unspecified atom stereocenters. The summed E-state index contributed by atoms with van der Waals surface area (Å²) in [6.45, 7) is 5.37. The number of anilines is 2. The van der Waals surface area contributed by atoms with Crippen molar-refractivity contribution in [3.63, 3.8) is 0 Å². The Morgan fingerprint density at radius 3 is 2.06 bits per heavy atom. The average Bonchev–Trinajstić information content (AvgIpc) is 2.72. The molecule has 1 amide bonds. The third kappa shape index (κ3) is 5.49. The topological polar surface area (TPSA) is 66.5 Å². The number of aryl methyl sites for hydroxylation is 3. The molecule has 31 heavy (non-hydrogen) atoms. The fourth-order valence-corrected chi connectivity index (χ4v) is 4.50. The van der Waals surface area contributed by atoms with Gasteiger partial charge in [0.2, 0.25) is 5.91 Å². The first-order valence-electron chi connectivity index (χ1n) is 9.89. The summed E-state index contributed by atoms with van der Waals surface area (Å²) in [5.41, 5.74) is 3.23. The molecular weight excluding hydrogens is 415 g/mol. The Hall–Kier alpha value is -3.19. The van der Waals surface area contributed by atoms with E-state index >= 15 is 0 Å². The van der Waals surface area contributed by atoms with Gasteiger partial charge in [0.25, 0.3) is 10.0 Å². The van der Waals surface area contributed by atoms with Crippen LogP contribution in [0, 0.1) is 26.6 Å². The highest BCUT2D eigenvalue weighted by Gasteiger charge is 2.25. The first kappa shape index (κ1) is 22.5. The lowest BCUT2D eigenvalue weighted by atomic mass is 10.2. The van der Waals surface area contributed by atoms with Crippen LogP contribution in [-0.4, -0.2) is 20.9 Å². The van der Waals surface area contributed by atoms with E-state index in [0.717, 1.165) is 11.1 Å². The molecule has 0 aliphatic rings. The minimum absolute atomic E-state index is 0.0561. The van der Waals surface area contributed by atoms with Crippen LogP contribution in [0.25, 0.3) is 0 Å². The molecule has 0 fully saturated rings. The van der Waals surface area contributed by atoms with Crippen molar-refractivity contribution in [2.45, 2.75) is 32.1 Å². The van der Waals surface area contributed by atoms with Gasteiger partial charge in [-0.1, -0.05) is 41.5 Å². The third-order valence-corrected chi connectivity index (χ3v) is 6.77. The monoisotopic (exact) mass is 440 g/mol. The minimum Gasteiger partial charge on any atom is -0.326 e. The lowest BCUT2D eigenvalue weighted by Gasteiger charge is -2.24. The number of carbonyl (C=O) groups excluding carboxylic acids is 1. The molecule has 0 aliphatic carbocycles. The Morgan fingerprint density at radius 1 is 0.903 bits per heavy atom. The largest absolute Gasteiger partial charge is 0.326 e. The molecule has 0 saturated heterocycles. The number of carbonyl (C=O) groups is 1. The van der Waals surface area contributed by atoms with E-state index < -0.39 is 21.7 Å². The summed E-state index contributed by atoms with van der Waals surface area (Å²) in [6, 6.07) is 18.1. The molecular formula is C24H25FN2O3S. The standard InChI is InChI=1S/C24H25FN2O3S/c1-17-4-10-21(11-5-17)27(31(29,30)22-12-6-18(2)7-13-22)15-14-24(28)26-20-9-8-19(3)23(25)16-20/h4-13,16H,14-15H2,1-3H3,(H,26,28). The van der Waals surface area contributed by atoms with Crippen LogP contribution in [0.5, 0.6) is 0 Å². The molecule has 0 heterocycles. The predicted octanol–water partition coefficient (Wildman–Crippen LogP) is 4.98. The maximum atomic E-state index is 13.7. The summed E-state index contributed by atoms with van der Waals surface area (Å²) >= 11 is 0. The average molecular weight is 441 g/mol. The second-order valence-electron chi connectivity index (χ2n) is 7.49. The number of nitrogens with zero attached hydrogens (tertiary/aromatic N) is 1. The number of sulfonamides is 1. The molecule has 162 valence electrons. The van der Waals surface area contributed by atoms with E-state index in [0.29, 0.717) is 16.9 Å². The Bertz CT molecular complexity index is 1170. The van der Waals surface area contributed by atoms with Gasteiger partial charge in [0, 0.05) is 18.7 Å². The molecule has 3 aromatic carbocycles. The van der Waals surface area contributed by atoms with Crippen molar-refractivity contribution in [1.82, 2.24) is 0 Å². The van der Waals surface area contributed by atoms with Crippen LogP contribution in [0.15, 0.2) is 71.6 Å². The molecule has 0 spiro atoms. The van der Waals surface area contributed by atoms with Crippen LogP contribution in [0.2, 0.25) is 0 Å². The van der Waals surface area contributed by atoms with Crippen molar-refractivity contribution >= 4 is 27.3 Å². The minimum atomic E-state index is -3.87. The van der Waals surface area contributed by atoms with Gasteiger partial charge >= 0.3 is 0 Å². The lowest BCUT2D eigenvalue weighted by Crippen LogP contribution is -2.34. The molecule has 0 saturated carbocycles. The molecule has 0 atom stereocenters. The summed E-state index contributed by atoms with van der Waals surface area (Å²) in [4.78, 5) is 12.6. The molecule has 0 aliphatic heterocycles. The van der Waals surface area contributed by atoms with Crippen LogP contribution in [-0.2, 0) is 14.8 Å². The van der Waals surface area contributed by atoms with E-state index in [-0.39, 0.29) is 17.9 Å². The summed E-state index contributed by atoms with van der Waals surface area (Å²) in [7, 11) is -3.87. The van der Waals surface area contributed by atoms with E-state index in [2.05, 4.69) is 5.32 Å². The van der Waals surface area contributed by atoms with Crippen LogP contribution >= 0.6 is 0 Å². The van der Waals surface area contributed by atoms with E-state index in [9.17, 15) is 17.6 Å². The van der Waals surface area contributed by atoms with Crippen molar-refractivity contribution in [2.75, 3.05) is 16.2 Å². The highest BCUT2D eigenvalue weighted by molar-refractivity contribution is 7.92. The molecule has 7 heteroatoms. The number of amides is 1. The molecule has 0 radical (unpaired) electrons. The third-order valence-electron chi connectivity index (χ3n) is 4.93. The van der Waals surface area contributed by atoms with Gasteiger partial charge in [0.1, 0.15) is 5.82 Å². The zero-order valence-electron chi connectivity index (χ0n) is 17.7. The van der Waals surface area contributed by atoms with E-state index in [4.69, 9.17) is 0 Å². The van der Waals surface area contributed by atoms with E-state index in [1.54, 1.807) is 55.5 Å². The Balaban J connectivity index is 1.83. The van der Waals surface area contributed by atoms with Crippen molar-refractivity contribution in [3.8, 4) is 0 Å². The number of nitrogens with one attached hydrogen (secondary N) is 1. The summed E-state index contributed by atoms with van der Waals surface area (Å²) in [5, 5.41) is 2.62. The maximum absolute atomic E-state index is 13.7. The summed E-state index contributed by atoms with van der Waals surface area (Å²) < 4.78 is 41.6. The Labute approximate surface area is 182 Å². The Kier molecular flexibility index (Phi) is 6.75. The fraction of sp³-hybridized carbons (Fsp3) is 0.208. The van der Waals surface area contributed by atoms with Gasteiger partial charge in [-0.25, -0.2) is 12.8 Å². The van der Waals surface area contributed by atoms with Gasteiger partial charge < -0.3 is 5.32 Å². The van der Waals surface area contributed by atoms with Gasteiger partial charge in [-0.05, 0) is 62.7 Å². The van der Waals surface area contributed by atoms with Gasteiger partial charge in [-0.2, -0.15) is 0 Å². The van der Waals surface area contributed by atoms with Crippen LogP contribution in [0.4, 0.5) is 15.8 Å². The molecule has 3 aromatic rings. The second-order valence-corrected chi connectivity index (χ2v) is 9.35. The Morgan fingerprint density at radius 2 is 1.48 bits per heavy atom. The first-order chi connectivity index (χ1) is 14.7. The fourth-order valence-electron chi connectivity index (χ4n) is 3.03. The molecule has 5 nitrogen and oxygen atoms in total. The normalized spacial score (nSPS) is 11.2. The van der Waals surface area contributed by atoms with E-state index in [1.165, 1.54) is 10.4 Å². The lowest BCUT2D eigenvalue weighted by molar-refractivity contribution is -0.116. The number of halogens is 1. The van der Waals surface area contributed by atoms with Gasteiger partial charge in [0.15, 0.2) is 0 Å². The molecule has 3 rings (SSSR count). The molecule has 0 aromatic heterocycles. The zero-order valence-corrected chi connectivity index (χ0v) is 18.5. The van der Waals surface area contributed by atoms with Gasteiger partial charge in [-0.15, -0.1) is 0 Å². The van der Waals surface area contributed by atoms with Gasteiger partial charge in [-0.3, -0.25) is 9.10 Å². The van der Waals surface area contributed by atoms with E-state index in [1.807, 2.05) is 26.0 Å². The number of benzene rings is 3. The van der Waals surface area contributed by atoms with Crippen molar-refractivity contribution in [3.05, 3.63) is 89.2 Å². The van der Waals surface area contributed by atoms with Crippen molar-refractivity contribution in [1.29, 1.82) is 0 Å². The highest BCUT2D eigenvalue weighted by Crippen LogP contribution is 2.25. The summed E-state index contributed by atoms with van der Waals surface area (Å²) in [5.74, 6) is -0.819. The summed E-state index contributed by atoms with van der Waals surface area (Å²) in [6.07, 6.45) is -0.0888. The maximum Gasteiger partial charge on any atom is 0.264 e. The van der Waals surface area contributed by atoms with Crippen molar-refractivity contribution < 1.29 is 17.6 Å². The van der Waals surface area contributed by atoms with Gasteiger partial charge in [0.05, 0.1) is 10.6 Å². The first-order valence-corrected chi connectivity index (χ1v) is 11.3. The SMILES string of the molecule is Cc1ccc(N(CCC(=O)Nc2ccc(C)c(F)c2)S(=O)(=O)c2ccc(C)cc2)cc1. The highest BCUT2D eigenvalue weighted by atomic mass is 32.2. The second kappa shape index (κ2) is 9.31. The van der Waals surface area contributed by atoms with Crippen LogP contribution < -0.4 is 9.62 Å². The number of hydrogen-bond acceptors (Lipinski definition) is 3. The molecule has 0 bridgehead atoms. The van der Waals surface area contributed by atoms with Crippen LogP contribution in [0.1, 0.15) is 23.1 Å².